The second kappa shape index (κ2) is 7.43. The van der Waals surface area contributed by atoms with Crippen molar-refractivity contribution in [3.8, 4) is 0 Å². The van der Waals surface area contributed by atoms with Crippen molar-refractivity contribution in [1.82, 2.24) is 4.90 Å². The van der Waals surface area contributed by atoms with Crippen LogP contribution in [0.2, 0.25) is 0 Å². The molecule has 0 radical (unpaired) electrons. The maximum atomic E-state index is 11.4. The summed E-state index contributed by atoms with van der Waals surface area (Å²) in [5.41, 5.74) is 1.89. The Morgan fingerprint density at radius 1 is 1.33 bits per heavy atom. The van der Waals surface area contributed by atoms with Crippen molar-refractivity contribution < 1.29 is 9.53 Å². The number of likely N-dealkylation sites (tertiary alicyclic amines) is 1. The van der Waals surface area contributed by atoms with E-state index in [1.165, 1.54) is 7.11 Å². The molecule has 1 fully saturated rings. The predicted molar refractivity (Wildman–Crippen MR) is 85.7 cm³/mol. The quantitative estimate of drug-likeness (QED) is 0.873. The van der Waals surface area contributed by atoms with Gasteiger partial charge in [0.2, 0.25) is 5.91 Å². The number of rotatable bonds is 5. The smallest absolute Gasteiger partial charge is 0.250 e. The van der Waals surface area contributed by atoms with E-state index in [1.54, 1.807) is 0 Å². The van der Waals surface area contributed by atoms with E-state index in [-0.39, 0.29) is 12.5 Å². The van der Waals surface area contributed by atoms with Gasteiger partial charge in [-0.05, 0) is 51.1 Å². The van der Waals surface area contributed by atoms with E-state index in [2.05, 4.69) is 29.5 Å². The number of nitrogens with zero attached hydrogens (tertiary/aromatic N) is 1. The maximum Gasteiger partial charge on any atom is 0.250 e. The maximum absolute atomic E-state index is 11.4. The molecule has 1 aliphatic rings. The highest BCUT2D eigenvalue weighted by atomic mass is 16.5. The highest BCUT2D eigenvalue weighted by Crippen LogP contribution is 2.21. The topological polar surface area (TPSA) is 53.6 Å². The zero-order chi connectivity index (χ0) is 15.2. The van der Waals surface area contributed by atoms with Gasteiger partial charge in [0, 0.05) is 37.1 Å². The molecule has 2 atom stereocenters. The van der Waals surface area contributed by atoms with Crippen molar-refractivity contribution in [3.63, 3.8) is 0 Å². The van der Waals surface area contributed by atoms with Gasteiger partial charge in [0.25, 0.3) is 0 Å². The highest BCUT2D eigenvalue weighted by molar-refractivity contribution is 5.91. The molecule has 1 aliphatic heterocycles. The molecule has 2 N–H and O–H groups in total. The molecule has 21 heavy (non-hydrogen) atoms. The molecule has 0 bridgehead atoms. The van der Waals surface area contributed by atoms with Gasteiger partial charge in [-0.25, -0.2) is 0 Å². The van der Waals surface area contributed by atoms with E-state index in [1.807, 2.05) is 24.3 Å². The Kier molecular flexibility index (Phi) is 5.59. The number of methoxy groups -OCH3 is 1. The van der Waals surface area contributed by atoms with E-state index in [9.17, 15) is 4.79 Å². The molecule has 2 rings (SSSR count). The molecule has 1 saturated heterocycles. The molecule has 116 valence electrons. The second-order valence-corrected chi connectivity index (χ2v) is 5.75. The Labute approximate surface area is 126 Å². The fraction of sp³-hybridized carbons (Fsp3) is 0.562. The van der Waals surface area contributed by atoms with Crippen LogP contribution in [0.4, 0.5) is 11.4 Å². The van der Waals surface area contributed by atoms with Gasteiger partial charge in [0.05, 0.1) is 0 Å². The van der Waals surface area contributed by atoms with Crippen LogP contribution in [-0.4, -0.2) is 50.2 Å². The van der Waals surface area contributed by atoms with Crippen molar-refractivity contribution in [2.45, 2.75) is 31.8 Å². The summed E-state index contributed by atoms with van der Waals surface area (Å²) in [6.07, 6.45) is 2.32. The van der Waals surface area contributed by atoms with Crippen LogP contribution in [0.5, 0.6) is 0 Å². The van der Waals surface area contributed by atoms with Gasteiger partial charge in [-0.1, -0.05) is 0 Å². The van der Waals surface area contributed by atoms with Gasteiger partial charge in [-0.3, -0.25) is 4.79 Å². The zero-order valence-corrected chi connectivity index (χ0v) is 13.1. The lowest BCUT2D eigenvalue weighted by molar-refractivity contribution is -0.119. The number of hydrogen-bond donors (Lipinski definition) is 2. The number of hydrogen-bond acceptors (Lipinski definition) is 4. The van der Waals surface area contributed by atoms with Gasteiger partial charge in [0.15, 0.2) is 0 Å². The Balaban J connectivity index is 1.86. The molecular formula is C16H25N3O2. The second-order valence-electron chi connectivity index (χ2n) is 5.75. The molecule has 1 aromatic rings. The van der Waals surface area contributed by atoms with Gasteiger partial charge < -0.3 is 20.3 Å². The summed E-state index contributed by atoms with van der Waals surface area (Å²) < 4.78 is 4.79. The number of carbonyl (C=O) groups is 1. The zero-order valence-electron chi connectivity index (χ0n) is 13.1. The lowest BCUT2D eigenvalue weighted by atomic mass is 9.98. The van der Waals surface area contributed by atoms with Crippen LogP contribution in [-0.2, 0) is 9.53 Å². The number of benzene rings is 1. The van der Waals surface area contributed by atoms with Crippen LogP contribution in [0.3, 0.4) is 0 Å². The Bertz CT molecular complexity index is 461. The summed E-state index contributed by atoms with van der Waals surface area (Å²) in [6.45, 7) is 3.47. The molecule has 0 aliphatic carbocycles. The molecule has 5 nitrogen and oxygen atoms in total. The first-order chi connectivity index (χ1) is 10.1. The van der Waals surface area contributed by atoms with Crippen molar-refractivity contribution in [2.75, 3.05) is 37.9 Å². The van der Waals surface area contributed by atoms with Crippen molar-refractivity contribution in [2.24, 2.45) is 0 Å². The number of ether oxygens (including phenoxy) is 1. The molecule has 2 unspecified atom stereocenters. The lowest BCUT2D eigenvalue weighted by Crippen LogP contribution is -2.42. The van der Waals surface area contributed by atoms with E-state index < -0.39 is 0 Å². The van der Waals surface area contributed by atoms with Gasteiger partial charge in [0.1, 0.15) is 6.61 Å². The standard InChI is InChI=1S/C16H25N3O2/c1-12-10-15(8-9-19(12)2)17-13-4-6-14(7-5-13)18-16(20)11-21-3/h4-7,12,15,17H,8-11H2,1-3H3,(H,18,20). The van der Waals surface area contributed by atoms with Crippen molar-refractivity contribution in [3.05, 3.63) is 24.3 Å². The third kappa shape index (κ3) is 4.72. The van der Waals surface area contributed by atoms with Crippen LogP contribution in [0.25, 0.3) is 0 Å². The predicted octanol–water partition coefficient (Wildman–Crippen LogP) is 2.17. The number of amides is 1. The lowest BCUT2D eigenvalue weighted by Gasteiger charge is -2.35. The van der Waals surface area contributed by atoms with Gasteiger partial charge in [-0.2, -0.15) is 0 Å². The molecule has 1 amide bonds. The number of anilines is 2. The third-order valence-corrected chi connectivity index (χ3v) is 4.02. The Morgan fingerprint density at radius 3 is 2.62 bits per heavy atom. The first kappa shape index (κ1) is 15.8. The summed E-state index contributed by atoms with van der Waals surface area (Å²) in [4.78, 5) is 13.8. The fourth-order valence-electron chi connectivity index (χ4n) is 2.63. The molecule has 1 aromatic carbocycles. The number of carbonyl (C=O) groups excluding carboxylic acids is 1. The van der Waals surface area contributed by atoms with Crippen molar-refractivity contribution >= 4 is 17.3 Å². The highest BCUT2D eigenvalue weighted by Gasteiger charge is 2.22. The van der Waals surface area contributed by atoms with Crippen LogP contribution in [0, 0.1) is 0 Å². The van der Waals surface area contributed by atoms with E-state index in [4.69, 9.17) is 4.74 Å². The monoisotopic (exact) mass is 291 g/mol. The summed E-state index contributed by atoms with van der Waals surface area (Å²) >= 11 is 0. The average molecular weight is 291 g/mol. The Morgan fingerprint density at radius 2 is 2.00 bits per heavy atom. The molecule has 0 saturated carbocycles. The number of piperidine rings is 1. The van der Waals surface area contributed by atoms with Crippen LogP contribution < -0.4 is 10.6 Å². The number of nitrogens with one attached hydrogen (secondary N) is 2. The molecule has 0 spiro atoms. The minimum absolute atomic E-state index is 0.0769. The fourth-order valence-corrected chi connectivity index (χ4v) is 2.63. The van der Waals surface area contributed by atoms with Gasteiger partial charge >= 0.3 is 0 Å². The normalized spacial score (nSPS) is 22.8. The third-order valence-electron chi connectivity index (χ3n) is 4.02. The van der Waals surface area contributed by atoms with E-state index in [0.717, 1.165) is 30.8 Å². The van der Waals surface area contributed by atoms with Gasteiger partial charge in [-0.15, -0.1) is 0 Å². The first-order valence-corrected chi connectivity index (χ1v) is 7.44. The Hall–Kier alpha value is -1.59. The van der Waals surface area contributed by atoms with Crippen LogP contribution in [0.1, 0.15) is 19.8 Å². The molecule has 0 aromatic heterocycles. The summed E-state index contributed by atoms with van der Waals surface area (Å²) in [5, 5.41) is 6.36. The molecule has 5 heteroatoms. The molecular weight excluding hydrogens is 266 g/mol. The average Bonchev–Trinajstić information content (AvgIpc) is 2.45. The largest absolute Gasteiger partial charge is 0.382 e. The van der Waals surface area contributed by atoms with Crippen molar-refractivity contribution in [1.29, 1.82) is 0 Å². The SMILES string of the molecule is COCC(=O)Nc1ccc(NC2CCN(C)C(C)C2)cc1. The summed E-state index contributed by atoms with van der Waals surface area (Å²) in [6, 6.07) is 8.97. The summed E-state index contributed by atoms with van der Waals surface area (Å²) in [7, 11) is 3.69. The van der Waals surface area contributed by atoms with Crippen LogP contribution in [0.15, 0.2) is 24.3 Å². The first-order valence-electron chi connectivity index (χ1n) is 7.44. The van der Waals surface area contributed by atoms with E-state index >= 15 is 0 Å². The summed E-state index contributed by atoms with van der Waals surface area (Å²) in [5.74, 6) is -0.137. The minimum atomic E-state index is -0.137. The molecule has 1 heterocycles. The van der Waals surface area contributed by atoms with E-state index in [0.29, 0.717) is 12.1 Å². The van der Waals surface area contributed by atoms with Crippen LogP contribution >= 0.6 is 0 Å². The minimum Gasteiger partial charge on any atom is -0.382 e.